The van der Waals surface area contributed by atoms with E-state index in [9.17, 15) is 0 Å². The van der Waals surface area contributed by atoms with Crippen molar-refractivity contribution in [2.45, 2.75) is 46.1 Å². The molecule has 1 aromatic rings. The largest absolute Gasteiger partial charge is 0.356 e. The maximum Gasteiger partial charge on any atom is 0.191 e. The van der Waals surface area contributed by atoms with Crippen LogP contribution in [0.3, 0.4) is 0 Å². The topological polar surface area (TPSA) is 67.1 Å². The van der Waals surface area contributed by atoms with Gasteiger partial charge in [-0.05, 0) is 13.3 Å². The zero-order valence-electron chi connectivity index (χ0n) is 12.5. The van der Waals surface area contributed by atoms with E-state index in [1.54, 1.807) is 7.05 Å². The summed E-state index contributed by atoms with van der Waals surface area (Å²) in [5.41, 5.74) is 0. The molecule has 0 aromatic carbocycles. The van der Waals surface area contributed by atoms with Crippen LogP contribution in [0.15, 0.2) is 4.99 Å². The predicted molar refractivity (Wildman–Crippen MR) is 78.1 cm³/mol. The van der Waals surface area contributed by atoms with Crippen LogP contribution in [0.2, 0.25) is 0 Å². The Labute approximate surface area is 115 Å². The van der Waals surface area contributed by atoms with Crippen molar-refractivity contribution in [2.75, 3.05) is 13.6 Å². The molecule has 0 fully saturated rings. The lowest BCUT2D eigenvalue weighted by atomic mass is 10.2. The Morgan fingerprint density at radius 2 is 2.00 bits per heavy atom. The van der Waals surface area contributed by atoms with E-state index in [4.69, 9.17) is 0 Å². The zero-order chi connectivity index (χ0) is 14.1. The van der Waals surface area contributed by atoms with Crippen LogP contribution in [0.25, 0.3) is 0 Å². The first-order valence-corrected chi connectivity index (χ1v) is 6.98. The number of guanidine groups is 1. The van der Waals surface area contributed by atoms with Crippen LogP contribution >= 0.6 is 0 Å². The van der Waals surface area contributed by atoms with Gasteiger partial charge in [0, 0.05) is 20.6 Å². The summed E-state index contributed by atoms with van der Waals surface area (Å²) in [5, 5.41) is 14.7. The molecule has 1 heterocycles. The lowest BCUT2D eigenvalue weighted by Gasteiger charge is -2.11. The van der Waals surface area contributed by atoms with Crippen molar-refractivity contribution >= 4 is 5.96 Å². The average molecular weight is 266 g/mol. The molecule has 108 valence electrons. The zero-order valence-corrected chi connectivity index (χ0v) is 12.5. The van der Waals surface area contributed by atoms with Crippen molar-refractivity contribution in [1.29, 1.82) is 0 Å². The molecule has 6 nitrogen and oxygen atoms in total. The minimum absolute atomic E-state index is 0.631. The van der Waals surface area contributed by atoms with Crippen LogP contribution in [0.1, 0.15) is 44.3 Å². The molecule has 0 aliphatic rings. The van der Waals surface area contributed by atoms with Gasteiger partial charge in [0.15, 0.2) is 11.8 Å². The normalized spacial score (nSPS) is 11.7. The van der Waals surface area contributed by atoms with Gasteiger partial charge in [-0.1, -0.05) is 26.2 Å². The Morgan fingerprint density at radius 3 is 2.58 bits per heavy atom. The highest BCUT2D eigenvalue weighted by molar-refractivity contribution is 5.79. The van der Waals surface area contributed by atoms with Crippen LogP contribution < -0.4 is 10.6 Å². The smallest absolute Gasteiger partial charge is 0.191 e. The maximum absolute atomic E-state index is 4.19. The summed E-state index contributed by atoms with van der Waals surface area (Å²) in [4.78, 5) is 4.19. The van der Waals surface area contributed by atoms with Crippen molar-refractivity contribution in [1.82, 2.24) is 25.4 Å². The number of hydrogen-bond donors (Lipinski definition) is 2. The molecule has 0 bridgehead atoms. The molecule has 0 unspecified atom stereocenters. The molecular weight excluding hydrogens is 240 g/mol. The summed E-state index contributed by atoms with van der Waals surface area (Å²) in [5.74, 6) is 2.64. The first kappa shape index (κ1) is 15.5. The number of nitrogens with one attached hydrogen (secondary N) is 2. The van der Waals surface area contributed by atoms with Crippen molar-refractivity contribution < 1.29 is 0 Å². The Balaban J connectivity index is 2.27. The van der Waals surface area contributed by atoms with E-state index < -0.39 is 0 Å². The Bertz CT molecular complexity index is 396. The van der Waals surface area contributed by atoms with E-state index in [-0.39, 0.29) is 0 Å². The number of unbranched alkanes of at least 4 members (excludes halogenated alkanes) is 3. The number of aromatic nitrogens is 3. The molecule has 0 amide bonds. The molecule has 0 radical (unpaired) electrons. The van der Waals surface area contributed by atoms with Crippen LogP contribution in [-0.4, -0.2) is 34.3 Å². The van der Waals surface area contributed by atoms with Gasteiger partial charge in [-0.3, -0.25) is 4.99 Å². The minimum atomic E-state index is 0.631. The van der Waals surface area contributed by atoms with Gasteiger partial charge in [-0.15, -0.1) is 10.2 Å². The second-order valence-electron chi connectivity index (χ2n) is 4.64. The van der Waals surface area contributed by atoms with Gasteiger partial charge in [-0.25, -0.2) is 0 Å². The quantitative estimate of drug-likeness (QED) is 0.444. The molecule has 1 rings (SSSR count). The van der Waals surface area contributed by atoms with Crippen LogP contribution in [0, 0.1) is 6.92 Å². The fraction of sp³-hybridized carbons (Fsp3) is 0.769. The molecule has 0 saturated heterocycles. The highest BCUT2D eigenvalue weighted by Crippen LogP contribution is 1.98. The van der Waals surface area contributed by atoms with Crippen LogP contribution in [0.4, 0.5) is 0 Å². The van der Waals surface area contributed by atoms with Crippen LogP contribution in [0.5, 0.6) is 0 Å². The van der Waals surface area contributed by atoms with Gasteiger partial charge in [0.25, 0.3) is 0 Å². The molecule has 0 spiro atoms. The standard InChI is InChI=1S/C13H26N6/c1-5-6-7-8-9-15-13(14-3)16-10-12-18-17-11(2)19(12)4/h5-10H2,1-4H3,(H2,14,15,16). The van der Waals surface area contributed by atoms with Gasteiger partial charge in [-0.2, -0.15) is 0 Å². The Hall–Kier alpha value is -1.59. The molecule has 0 aliphatic carbocycles. The highest BCUT2D eigenvalue weighted by Gasteiger charge is 2.05. The van der Waals surface area contributed by atoms with E-state index in [2.05, 4.69) is 32.7 Å². The van der Waals surface area contributed by atoms with Gasteiger partial charge >= 0.3 is 0 Å². The summed E-state index contributed by atoms with van der Waals surface area (Å²) in [6.07, 6.45) is 5.00. The first-order valence-electron chi connectivity index (χ1n) is 6.98. The Morgan fingerprint density at radius 1 is 1.21 bits per heavy atom. The van der Waals surface area contributed by atoms with Gasteiger partial charge in [0.1, 0.15) is 5.82 Å². The lowest BCUT2D eigenvalue weighted by molar-refractivity contribution is 0.643. The fourth-order valence-electron chi connectivity index (χ4n) is 1.75. The third-order valence-electron chi connectivity index (χ3n) is 3.14. The van der Waals surface area contributed by atoms with Gasteiger partial charge in [0.2, 0.25) is 0 Å². The monoisotopic (exact) mass is 266 g/mol. The summed E-state index contributed by atoms with van der Waals surface area (Å²) >= 11 is 0. The summed E-state index contributed by atoms with van der Waals surface area (Å²) in [6, 6.07) is 0. The molecule has 0 atom stereocenters. The summed E-state index contributed by atoms with van der Waals surface area (Å²) in [6.45, 7) is 5.75. The number of aryl methyl sites for hydroxylation is 1. The van der Waals surface area contributed by atoms with Crippen molar-refractivity contribution in [2.24, 2.45) is 12.0 Å². The van der Waals surface area contributed by atoms with Crippen molar-refractivity contribution in [3.63, 3.8) is 0 Å². The Kier molecular flexibility index (Phi) is 6.92. The summed E-state index contributed by atoms with van der Waals surface area (Å²) < 4.78 is 1.97. The molecular formula is C13H26N6. The SMILES string of the molecule is CCCCCCNC(=NC)NCc1nnc(C)n1C. The van der Waals surface area contributed by atoms with Crippen molar-refractivity contribution in [3.8, 4) is 0 Å². The van der Waals surface area contributed by atoms with E-state index in [0.29, 0.717) is 6.54 Å². The molecule has 1 aromatic heterocycles. The van der Waals surface area contributed by atoms with E-state index >= 15 is 0 Å². The maximum atomic E-state index is 4.19. The lowest BCUT2D eigenvalue weighted by Crippen LogP contribution is -2.37. The van der Waals surface area contributed by atoms with Crippen LogP contribution in [-0.2, 0) is 13.6 Å². The number of aliphatic imine (C=N–C) groups is 1. The number of nitrogens with zero attached hydrogens (tertiary/aromatic N) is 4. The first-order chi connectivity index (χ1) is 9.19. The second kappa shape index (κ2) is 8.50. The van der Waals surface area contributed by atoms with Crippen molar-refractivity contribution in [3.05, 3.63) is 11.6 Å². The van der Waals surface area contributed by atoms with E-state index in [1.807, 2.05) is 18.5 Å². The third kappa shape index (κ3) is 5.28. The van der Waals surface area contributed by atoms with Gasteiger partial charge in [0.05, 0.1) is 6.54 Å². The molecule has 0 saturated carbocycles. The second-order valence-corrected chi connectivity index (χ2v) is 4.64. The van der Waals surface area contributed by atoms with E-state index in [0.717, 1.165) is 24.2 Å². The van der Waals surface area contributed by atoms with Gasteiger partial charge < -0.3 is 15.2 Å². The molecule has 6 heteroatoms. The number of rotatable bonds is 7. The third-order valence-corrected chi connectivity index (χ3v) is 3.14. The predicted octanol–water partition coefficient (Wildman–Crippen LogP) is 1.37. The fourth-order valence-corrected chi connectivity index (χ4v) is 1.75. The summed E-state index contributed by atoms with van der Waals surface area (Å²) in [7, 11) is 3.75. The molecule has 0 aliphatic heterocycles. The average Bonchev–Trinajstić information content (AvgIpc) is 2.73. The molecule has 19 heavy (non-hydrogen) atoms. The highest BCUT2D eigenvalue weighted by atomic mass is 15.3. The number of hydrogen-bond acceptors (Lipinski definition) is 3. The molecule has 2 N–H and O–H groups in total. The minimum Gasteiger partial charge on any atom is -0.356 e. The van der Waals surface area contributed by atoms with E-state index in [1.165, 1.54) is 25.7 Å².